The minimum atomic E-state index is -0.474. The summed E-state index contributed by atoms with van der Waals surface area (Å²) >= 11 is 1.20. The van der Waals surface area contributed by atoms with Crippen LogP contribution < -0.4 is 14.8 Å². The summed E-state index contributed by atoms with van der Waals surface area (Å²) in [5.74, 6) is 1.42. The average molecular weight is 506 g/mol. The number of carbonyl (C=O) groups is 1. The van der Waals surface area contributed by atoms with Gasteiger partial charge < -0.3 is 14.8 Å². The molecule has 0 saturated heterocycles. The monoisotopic (exact) mass is 505 g/mol. The third-order valence-electron chi connectivity index (χ3n) is 5.31. The Balaban J connectivity index is 1.60. The lowest BCUT2D eigenvalue weighted by molar-refractivity contribution is -0.385. The van der Waals surface area contributed by atoms with Crippen LogP contribution in [0, 0.1) is 17.0 Å². The van der Waals surface area contributed by atoms with Gasteiger partial charge in [0, 0.05) is 28.6 Å². The fraction of sp³-hybridized carbons (Fsp3) is 0.160. The summed E-state index contributed by atoms with van der Waals surface area (Å²) in [7, 11) is 3.13. The molecule has 36 heavy (non-hydrogen) atoms. The van der Waals surface area contributed by atoms with E-state index >= 15 is 0 Å². The van der Waals surface area contributed by atoms with Crippen molar-refractivity contribution in [2.45, 2.75) is 12.1 Å². The van der Waals surface area contributed by atoms with E-state index in [2.05, 4.69) is 15.5 Å². The highest BCUT2D eigenvalue weighted by atomic mass is 32.2. The molecule has 1 amide bonds. The number of thioether (sulfide) groups is 1. The second-order valence-electron chi connectivity index (χ2n) is 7.64. The molecule has 0 aliphatic rings. The standard InChI is InChI=1S/C25H23N5O5S/c1-16-9-11-18(14-20(16)30(32)33)26-23(31)15-36-25-28-27-24(29(25)19-7-5-4-6-8-19)17-10-12-21(34-2)22(13-17)35-3/h4-14H,15H2,1-3H3,(H,26,31). The molecular formula is C25H23N5O5S. The van der Waals surface area contributed by atoms with E-state index in [9.17, 15) is 14.9 Å². The molecule has 0 unspecified atom stereocenters. The van der Waals surface area contributed by atoms with Crippen molar-refractivity contribution in [3.05, 3.63) is 82.4 Å². The minimum absolute atomic E-state index is 0.0264. The third-order valence-corrected chi connectivity index (χ3v) is 6.24. The lowest BCUT2D eigenvalue weighted by Crippen LogP contribution is -2.15. The molecule has 184 valence electrons. The van der Waals surface area contributed by atoms with E-state index in [1.165, 1.54) is 17.8 Å². The van der Waals surface area contributed by atoms with Crippen LogP contribution >= 0.6 is 11.8 Å². The molecule has 0 atom stereocenters. The molecule has 3 aromatic carbocycles. The predicted molar refractivity (Wildman–Crippen MR) is 137 cm³/mol. The number of rotatable bonds is 9. The molecule has 10 nitrogen and oxygen atoms in total. The van der Waals surface area contributed by atoms with Crippen LogP contribution in [0.1, 0.15) is 5.56 Å². The summed E-state index contributed by atoms with van der Waals surface area (Å²) in [6.07, 6.45) is 0. The fourth-order valence-corrected chi connectivity index (χ4v) is 4.30. The van der Waals surface area contributed by atoms with E-state index < -0.39 is 4.92 Å². The van der Waals surface area contributed by atoms with Gasteiger partial charge in [0.1, 0.15) is 0 Å². The van der Waals surface area contributed by atoms with E-state index in [-0.39, 0.29) is 17.3 Å². The Morgan fingerprint density at radius 1 is 1.03 bits per heavy atom. The number of nitrogens with zero attached hydrogens (tertiary/aromatic N) is 4. The number of ether oxygens (including phenoxy) is 2. The number of aromatic nitrogens is 3. The predicted octanol–water partition coefficient (Wildman–Crippen LogP) is 4.90. The SMILES string of the molecule is COc1ccc(-c2nnc(SCC(=O)Nc3ccc(C)c([N+](=O)[O-])c3)n2-c2ccccc2)cc1OC. The molecule has 0 fully saturated rings. The Labute approximate surface area is 211 Å². The van der Waals surface area contributed by atoms with Crippen molar-refractivity contribution in [1.82, 2.24) is 14.8 Å². The molecule has 0 bridgehead atoms. The normalized spacial score (nSPS) is 10.6. The van der Waals surface area contributed by atoms with Gasteiger partial charge in [-0.15, -0.1) is 10.2 Å². The minimum Gasteiger partial charge on any atom is -0.493 e. The number of carbonyl (C=O) groups excluding carboxylic acids is 1. The maximum absolute atomic E-state index is 12.6. The number of methoxy groups -OCH3 is 2. The Hall–Kier alpha value is -4.38. The Morgan fingerprint density at radius 2 is 1.78 bits per heavy atom. The number of nitrogens with one attached hydrogen (secondary N) is 1. The van der Waals surface area contributed by atoms with Crippen molar-refractivity contribution >= 4 is 29.0 Å². The quantitative estimate of drug-likeness (QED) is 0.194. The molecule has 4 rings (SSSR count). The summed E-state index contributed by atoms with van der Waals surface area (Å²) < 4.78 is 12.6. The third kappa shape index (κ3) is 5.31. The summed E-state index contributed by atoms with van der Waals surface area (Å²) in [5, 5.41) is 23.1. The van der Waals surface area contributed by atoms with Crippen LogP contribution in [0.3, 0.4) is 0 Å². The second-order valence-corrected chi connectivity index (χ2v) is 8.58. The summed E-state index contributed by atoms with van der Waals surface area (Å²) in [6.45, 7) is 1.64. The molecule has 0 aliphatic heterocycles. The largest absolute Gasteiger partial charge is 0.493 e. The van der Waals surface area contributed by atoms with E-state index in [1.807, 2.05) is 47.0 Å². The van der Waals surface area contributed by atoms with E-state index in [0.29, 0.717) is 33.7 Å². The van der Waals surface area contributed by atoms with Crippen LogP contribution in [0.2, 0.25) is 0 Å². The topological polar surface area (TPSA) is 121 Å². The van der Waals surface area contributed by atoms with Gasteiger partial charge in [-0.25, -0.2) is 0 Å². The van der Waals surface area contributed by atoms with Gasteiger partial charge in [-0.05, 0) is 43.3 Å². The van der Waals surface area contributed by atoms with E-state index in [1.54, 1.807) is 39.3 Å². The maximum Gasteiger partial charge on any atom is 0.274 e. The van der Waals surface area contributed by atoms with Gasteiger partial charge >= 0.3 is 0 Å². The van der Waals surface area contributed by atoms with Crippen molar-refractivity contribution in [2.24, 2.45) is 0 Å². The van der Waals surface area contributed by atoms with Gasteiger partial charge in [0.15, 0.2) is 22.5 Å². The van der Waals surface area contributed by atoms with Crippen molar-refractivity contribution in [2.75, 3.05) is 25.3 Å². The summed E-state index contributed by atoms with van der Waals surface area (Å²) in [6, 6.07) is 19.6. The fourth-order valence-electron chi connectivity index (χ4n) is 3.55. The first-order valence-corrected chi connectivity index (χ1v) is 11.8. The first kappa shape index (κ1) is 24.7. The van der Waals surface area contributed by atoms with Gasteiger partial charge in [0.2, 0.25) is 5.91 Å². The first-order valence-electron chi connectivity index (χ1n) is 10.8. The second kappa shape index (κ2) is 10.9. The van der Waals surface area contributed by atoms with Gasteiger partial charge in [-0.1, -0.05) is 36.0 Å². The lowest BCUT2D eigenvalue weighted by atomic mass is 10.2. The highest BCUT2D eigenvalue weighted by molar-refractivity contribution is 7.99. The molecule has 1 N–H and O–H groups in total. The van der Waals surface area contributed by atoms with Crippen LogP contribution in [-0.2, 0) is 4.79 Å². The van der Waals surface area contributed by atoms with Crippen LogP contribution in [0.15, 0.2) is 71.9 Å². The first-order chi connectivity index (χ1) is 17.4. The van der Waals surface area contributed by atoms with Crippen LogP contribution in [0.4, 0.5) is 11.4 Å². The molecule has 1 aromatic heterocycles. The Kier molecular flexibility index (Phi) is 7.50. The zero-order chi connectivity index (χ0) is 25.7. The number of nitro benzene ring substituents is 1. The smallest absolute Gasteiger partial charge is 0.274 e. The number of benzene rings is 3. The highest BCUT2D eigenvalue weighted by Gasteiger charge is 2.19. The van der Waals surface area contributed by atoms with Gasteiger partial charge in [-0.2, -0.15) is 0 Å². The Morgan fingerprint density at radius 3 is 2.47 bits per heavy atom. The number of hydrogen-bond donors (Lipinski definition) is 1. The van der Waals surface area contributed by atoms with Gasteiger partial charge in [-0.3, -0.25) is 19.5 Å². The van der Waals surface area contributed by atoms with Gasteiger partial charge in [0.05, 0.1) is 24.9 Å². The molecule has 11 heteroatoms. The molecule has 4 aromatic rings. The number of para-hydroxylation sites is 1. The van der Waals surface area contributed by atoms with Crippen LogP contribution in [0.5, 0.6) is 11.5 Å². The number of aryl methyl sites for hydroxylation is 1. The number of anilines is 1. The van der Waals surface area contributed by atoms with Crippen molar-refractivity contribution in [3.8, 4) is 28.6 Å². The lowest BCUT2D eigenvalue weighted by Gasteiger charge is -2.12. The summed E-state index contributed by atoms with van der Waals surface area (Å²) in [4.78, 5) is 23.4. The molecule has 1 heterocycles. The highest BCUT2D eigenvalue weighted by Crippen LogP contribution is 2.34. The molecule has 0 saturated carbocycles. The molecule has 0 spiro atoms. The van der Waals surface area contributed by atoms with Crippen molar-refractivity contribution < 1.29 is 19.2 Å². The van der Waals surface area contributed by atoms with Crippen molar-refractivity contribution in [1.29, 1.82) is 0 Å². The maximum atomic E-state index is 12.6. The summed E-state index contributed by atoms with van der Waals surface area (Å²) in [5.41, 5.74) is 2.40. The zero-order valence-electron chi connectivity index (χ0n) is 19.8. The Bertz CT molecular complexity index is 1410. The zero-order valence-corrected chi connectivity index (χ0v) is 20.6. The average Bonchev–Trinajstić information content (AvgIpc) is 3.32. The van der Waals surface area contributed by atoms with Crippen molar-refractivity contribution in [3.63, 3.8) is 0 Å². The molecule has 0 radical (unpaired) electrons. The van der Waals surface area contributed by atoms with Gasteiger partial charge in [0.25, 0.3) is 5.69 Å². The molecular weight excluding hydrogens is 482 g/mol. The van der Waals surface area contributed by atoms with Crippen LogP contribution in [-0.4, -0.2) is 45.6 Å². The van der Waals surface area contributed by atoms with E-state index in [0.717, 1.165) is 11.3 Å². The molecule has 0 aliphatic carbocycles. The number of nitro groups is 1. The number of hydrogen-bond acceptors (Lipinski definition) is 8. The van der Waals surface area contributed by atoms with E-state index in [4.69, 9.17) is 9.47 Å². The number of amides is 1. The van der Waals surface area contributed by atoms with Crippen LogP contribution in [0.25, 0.3) is 17.1 Å².